The predicted molar refractivity (Wildman–Crippen MR) is 92.7 cm³/mol. The zero-order valence-corrected chi connectivity index (χ0v) is 14.2. The quantitative estimate of drug-likeness (QED) is 0.750. The van der Waals surface area contributed by atoms with Crippen LogP contribution in [0.25, 0.3) is 17.1 Å². The molecule has 0 aliphatic carbocycles. The minimum absolute atomic E-state index is 0.272. The van der Waals surface area contributed by atoms with Crippen LogP contribution in [0, 0.1) is 0 Å². The van der Waals surface area contributed by atoms with E-state index in [9.17, 15) is 13.2 Å². The topological polar surface area (TPSA) is 64.9 Å². The van der Waals surface area contributed by atoms with E-state index in [-0.39, 0.29) is 5.75 Å². The van der Waals surface area contributed by atoms with Crippen molar-refractivity contribution in [1.29, 1.82) is 0 Å². The highest BCUT2D eigenvalue weighted by Crippen LogP contribution is 2.33. The highest BCUT2D eigenvalue weighted by atomic mass is 19.4. The van der Waals surface area contributed by atoms with Crippen LogP contribution in [0.2, 0.25) is 0 Å². The number of halogens is 3. The number of hydrogen-bond donors (Lipinski definition) is 1. The van der Waals surface area contributed by atoms with E-state index in [1.54, 1.807) is 35.4 Å². The fraction of sp³-hybridized carbons (Fsp3) is 0.278. The molecule has 6 nitrogen and oxygen atoms in total. The van der Waals surface area contributed by atoms with Crippen LogP contribution in [0.15, 0.2) is 42.9 Å². The van der Waals surface area contributed by atoms with Crippen LogP contribution in [0.1, 0.15) is 18.4 Å². The summed E-state index contributed by atoms with van der Waals surface area (Å²) < 4.78 is 42.7. The number of anilines is 1. The monoisotopic (exact) mass is 375 g/mol. The molecule has 0 saturated carbocycles. The molecule has 3 aromatic rings. The summed E-state index contributed by atoms with van der Waals surface area (Å²) >= 11 is 0. The average molecular weight is 375 g/mol. The Morgan fingerprint density at radius 3 is 2.59 bits per heavy atom. The van der Waals surface area contributed by atoms with E-state index in [2.05, 4.69) is 25.1 Å². The summed E-state index contributed by atoms with van der Waals surface area (Å²) in [5, 5.41) is 8.04. The molecular formula is C18H16F3N5O. The second-order valence-corrected chi connectivity index (χ2v) is 6.10. The first-order chi connectivity index (χ1) is 13.0. The van der Waals surface area contributed by atoms with E-state index in [4.69, 9.17) is 0 Å². The van der Waals surface area contributed by atoms with E-state index in [1.807, 2.05) is 0 Å². The van der Waals surface area contributed by atoms with Crippen molar-refractivity contribution in [3.05, 3.63) is 48.4 Å². The number of hydrogen-bond acceptors (Lipinski definition) is 5. The Hall–Kier alpha value is -3.10. The van der Waals surface area contributed by atoms with Crippen LogP contribution in [0.5, 0.6) is 5.75 Å². The molecule has 1 aliphatic rings. The van der Waals surface area contributed by atoms with E-state index < -0.39 is 6.36 Å². The molecule has 9 heteroatoms. The Morgan fingerprint density at radius 2 is 1.89 bits per heavy atom. The third-order valence-corrected chi connectivity index (χ3v) is 4.25. The van der Waals surface area contributed by atoms with Gasteiger partial charge in [-0.2, -0.15) is 5.10 Å². The molecule has 0 radical (unpaired) electrons. The van der Waals surface area contributed by atoms with Crippen LogP contribution < -0.4 is 10.1 Å². The van der Waals surface area contributed by atoms with Crippen molar-refractivity contribution in [2.24, 2.45) is 0 Å². The Bertz CT molecular complexity index is 923. The van der Waals surface area contributed by atoms with E-state index >= 15 is 0 Å². The molecule has 1 N–H and O–H groups in total. The number of fused-ring (bicyclic) bond motifs is 1. The number of aromatic nitrogens is 4. The van der Waals surface area contributed by atoms with Crippen molar-refractivity contribution in [3.63, 3.8) is 0 Å². The zero-order valence-electron chi connectivity index (χ0n) is 14.2. The number of benzene rings is 1. The van der Waals surface area contributed by atoms with Gasteiger partial charge in [-0.05, 0) is 43.5 Å². The van der Waals surface area contributed by atoms with Gasteiger partial charge in [-0.25, -0.2) is 4.68 Å². The summed E-state index contributed by atoms with van der Waals surface area (Å²) in [7, 11) is 0. The van der Waals surface area contributed by atoms with Crippen LogP contribution in [-0.2, 0) is 6.42 Å². The van der Waals surface area contributed by atoms with Gasteiger partial charge in [0.25, 0.3) is 0 Å². The smallest absolute Gasteiger partial charge is 0.406 e. The van der Waals surface area contributed by atoms with Gasteiger partial charge in [0.2, 0.25) is 0 Å². The molecule has 4 rings (SSSR count). The summed E-state index contributed by atoms with van der Waals surface area (Å²) in [5.74, 6) is 0.559. The van der Waals surface area contributed by atoms with Gasteiger partial charge in [-0.1, -0.05) is 0 Å². The lowest BCUT2D eigenvalue weighted by Gasteiger charge is -2.11. The first kappa shape index (κ1) is 17.3. The highest BCUT2D eigenvalue weighted by Gasteiger charge is 2.31. The van der Waals surface area contributed by atoms with E-state index in [0.29, 0.717) is 11.4 Å². The fourth-order valence-electron chi connectivity index (χ4n) is 3.11. The molecule has 0 saturated heterocycles. The van der Waals surface area contributed by atoms with Crippen molar-refractivity contribution >= 4 is 5.82 Å². The normalized spacial score (nSPS) is 14.2. The minimum atomic E-state index is -4.72. The molecule has 0 spiro atoms. The van der Waals surface area contributed by atoms with Gasteiger partial charge in [0.05, 0.1) is 11.9 Å². The summed E-state index contributed by atoms with van der Waals surface area (Å²) in [6.45, 7) is 0.799. The van der Waals surface area contributed by atoms with Crippen molar-refractivity contribution in [3.8, 4) is 22.8 Å². The lowest BCUT2D eigenvalue weighted by atomic mass is 10.1. The van der Waals surface area contributed by atoms with Gasteiger partial charge in [-0.15, -0.1) is 13.2 Å². The maximum Gasteiger partial charge on any atom is 0.573 e. The molecule has 0 bridgehead atoms. The molecule has 0 fully saturated rings. The Balaban J connectivity index is 1.76. The zero-order chi connectivity index (χ0) is 18.9. The van der Waals surface area contributed by atoms with E-state index in [0.717, 1.165) is 42.9 Å². The molecule has 3 heterocycles. The molecular weight excluding hydrogens is 359 g/mol. The lowest BCUT2D eigenvalue weighted by molar-refractivity contribution is -0.274. The summed E-state index contributed by atoms with van der Waals surface area (Å²) in [6, 6.07) is 5.63. The number of alkyl halides is 3. The van der Waals surface area contributed by atoms with Gasteiger partial charge < -0.3 is 10.1 Å². The van der Waals surface area contributed by atoms with Crippen LogP contribution in [0.3, 0.4) is 0 Å². The van der Waals surface area contributed by atoms with Crippen molar-refractivity contribution in [2.75, 3.05) is 11.9 Å². The number of rotatable bonds is 3. The second-order valence-electron chi connectivity index (χ2n) is 6.10. The van der Waals surface area contributed by atoms with Gasteiger partial charge in [-0.3, -0.25) is 9.97 Å². The molecule has 140 valence electrons. The van der Waals surface area contributed by atoms with Crippen molar-refractivity contribution < 1.29 is 17.9 Å². The number of nitrogens with one attached hydrogen (secondary N) is 1. The third-order valence-electron chi connectivity index (χ3n) is 4.25. The van der Waals surface area contributed by atoms with Crippen LogP contribution >= 0.6 is 0 Å². The van der Waals surface area contributed by atoms with Crippen LogP contribution in [0.4, 0.5) is 19.0 Å². The first-order valence-corrected chi connectivity index (χ1v) is 8.49. The average Bonchev–Trinajstić information content (AvgIpc) is 2.83. The molecule has 0 unspecified atom stereocenters. The third kappa shape index (κ3) is 3.71. The maximum atomic E-state index is 12.4. The maximum absolute atomic E-state index is 12.4. The molecule has 1 aromatic carbocycles. The number of nitrogens with zero attached hydrogens (tertiary/aromatic N) is 4. The SMILES string of the molecule is FC(F)(F)Oc1ccc(-n2nc(-c3cnccn3)c3c2NCCCC3)cc1. The highest BCUT2D eigenvalue weighted by molar-refractivity contribution is 5.68. The fourth-order valence-corrected chi connectivity index (χ4v) is 3.11. The van der Waals surface area contributed by atoms with Crippen molar-refractivity contribution in [1.82, 2.24) is 19.7 Å². The largest absolute Gasteiger partial charge is 0.573 e. The van der Waals surface area contributed by atoms with Gasteiger partial charge >= 0.3 is 6.36 Å². The molecule has 27 heavy (non-hydrogen) atoms. The summed E-state index contributed by atoms with van der Waals surface area (Å²) in [4.78, 5) is 8.44. The molecule has 0 atom stereocenters. The van der Waals surface area contributed by atoms with Crippen molar-refractivity contribution in [2.45, 2.75) is 25.6 Å². The first-order valence-electron chi connectivity index (χ1n) is 8.49. The van der Waals surface area contributed by atoms with Gasteiger partial charge in [0.15, 0.2) is 0 Å². The van der Waals surface area contributed by atoms with Gasteiger partial charge in [0.1, 0.15) is 23.0 Å². The number of ether oxygens (including phenoxy) is 1. The molecule has 1 aliphatic heterocycles. The Kier molecular flexibility index (Phi) is 4.43. The predicted octanol–water partition coefficient (Wildman–Crippen LogP) is 3.98. The van der Waals surface area contributed by atoms with E-state index in [1.165, 1.54) is 12.1 Å². The summed E-state index contributed by atoms with van der Waals surface area (Å²) in [6.07, 6.45) is 3.00. The second kappa shape index (κ2) is 6.90. The van der Waals surface area contributed by atoms with Gasteiger partial charge in [0, 0.05) is 24.5 Å². The standard InChI is InChI=1S/C18H16F3N5O/c19-18(20,21)27-13-6-4-12(5-7-13)26-17-14(3-1-2-8-24-17)16(25-26)15-11-22-9-10-23-15/h4-7,9-11,24H,1-3,8H2. The minimum Gasteiger partial charge on any atom is -0.406 e. The molecule has 2 aromatic heterocycles. The Morgan fingerprint density at radius 1 is 1.07 bits per heavy atom. The van der Waals surface area contributed by atoms with Crippen LogP contribution in [-0.4, -0.2) is 32.7 Å². The lowest BCUT2D eigenvalue weighted by Crippen LogP contribution is -2.17. The Labute approximate surface area is 153 Å². The summed E-state index contributed by atoms with van der Waals surface area (Å²) in [5.41, 5.74) is 3.05. The molecule has 0 amide bonds.